The second-order valence-electron chi connectivity index (χ2n) is 5.34. The lowest BCUT2D eigenvalue weighted by molar-refractivity contribution is 0.0690. The van der Waals surface area contributed by atoms with Crippen molar-refractivity contribution < 1.29 is 9.90 Å². The Morgan fingerprint density at radius 3 is 2.56 bits per heavy atom. The first kappa shape index (κ1) is 16.1. The molecule has 4 aromatic rings. The van der Waals surface area contributed by atoms with Gasteiger partial charge in [-0.1, -0.05) is 53.5 Å². The van der Waals surface area contributed by atoms with E-state index in [4.69, 9.17) is 23.2 Å². The maximum atomic E-state index is 12.0. The van der Waals surface area contributed by atoms with Crippen molar-refractivity contribution in [2.45, 2.75) is 0 Å². The molecule has 0 aliphatic heterocycles. The molecule has 25 heavy (non-hydrogen) atoms. The number of benzene rings is 2. The standard InChI is InChI=1S/C18H10Cl2N2O2S/c19-11-6-7-12(13(20)8-11)14-9-25-18-21-15(10-4-2-1-3-5-10)16(17(23)24)22(14)18/h1-9H,(H,23,24). The minimum Gasteiger partial charge on any atom is -0.476 e. The van der Waals surface area contributed by atoms with E-state index in [9.17, 15) is 9.90 Å². The number of hydrogen-bond acceptors (Lipinski definition) is 3. The number of nitrogens with zero attached hydrogens (tertiary/aromatic N) is 2. The third-order valence-corrected chi connectivity index (χ3v) is 5.19. The number of carboxylic acid groups (broad SMARTS) is 1. The van der Waals surface area contributed by atoms with E-state index in [0.717, 1.165) is 5.56 Å². The van der Waals surface area contributed by atoms with E-state index < -0.39 is 5.97 Å². The fraction of sp³-hybridized carbons (Fsp3) is 0. The lowest BCUT2D eigenvalue weighted by atomic mass is 10.1. The van der Waals surface area contributed by atoms with Crippen molar-refractivity contribution in [1.82, 2.24) is 9.38 Å². The summed E-state index contributed by atoms with van der Waals surface area (Å²) in [5.41, 5.74) is 2.68. The van der Waals surface area contributed by atoms with E-state index in [1.54, 1.807) is 22.6 Å². The Morgan fingerprint density at radius 1 is 1.12 bits per heavy atom. The van der Waals surface area contributed by atoms with Crippen molar-refractivity contribution in [2.24, 2.45) is 0 Å². The van der Waals surface area contributed by atoms with Crippen LogP contribution in [-0.2, 0) is 0 Å². The van der Waals surface area contributed by atoms with Gasteiger partial charge in [0.05, 0.1) is 10.7 Å². The molecule has 0 radical (unpaired) electrons. The first-order valence-electron chi connectivity index (χ1n) is 7.30. The van der Waals surface area contributed by atoms with Gasteiger partial charge in [0.2, 0.25) is 0 Å². The highest BCUT2D eigenvalue weighted by atomic mass is 35.5. The molecule has 2 heterocycles. The van der Waals surface area contributed by atoms with Gasteiger partial charge in [-0.15, -0.1) is 11.3 Å². The molecule has 124 valence electrons. The van der Waals surface area contributed by atoms with Crippen LogP contribution in [0.15, 0.2) is 53.9 Å². The van der Waals surface area contributed by atoms with Crippen molar-refractivity contribution >= 4 is 45.5 Å². The summed E-state index contributed by atoms with van der Waals surface area (Å²) in [5.74, 6) is -1.05. The molecular formula is C18H10Cl2N2O2S. The van der Waals surface area contributed by atoms with Gasteiger partial charge in [0, 0.05) is 21.5 Å². The predicted molar refractivity (Wildman–Crippen MR) is 101 cm³/mol. The van der Waals surface area contributed by atoms with Crippen LogP contribution >= 0.6 is 34.5 Å². The molecule has 0 aliphatic rings. The Hall–Kier alpha value is -2.34. The van der Waals surface area contributed by atoms with Crippen molar-refractivity contribution in [3.8, 4) is 22.5 Å². The van der Waals surface area contributed by atoms with Crippen LogP contribution in [0, 0.1) is 0 Å². The summed E-state index contributed by atoms with van der Waals surface area (Å²) in [4.78, 5) is 17.1. The minimum absolute atomic E-state index is 0.114. The fourth-order valence-electron chi connectivity index (χ4n) is 2.74. The molecule has 4 rings (SSSR count). The maximum absolute atomic E-state index is 12.0. The molecule has 1 N–H and O–H groups in total. The SMILES string of the molecule is O=C(O)c1c(-c2ccccc2)nc2scc(-c3ccc(Cl)cc3Cl)n12. The third kappa shape index (κ3) is 2.70. The van der Waals surface area contributed by atoms with E-state index in [1.165, 1.54) is 11.3 Å². The van der Waals surface area contributed by atoms with Crippen LogP contribution in [0.5, 0.6) is 0 Å². The number of fused-ring (bicyclic) bond motifs is 1. The highest BCUT2D eigenvalue weighted by molar-refractivity contribution is 7.15. The highest BCUT2D eigenvalue weighted by Gasteiger charge is 2.24. The zero-order valence-electron chi connectivity index (χ0n) is 12.6. The van der Waals surface area contributed by atoms with E-state index in [2.05, 4.69) is 4.98 Å². The minimum atomic E-state index is -1.05. The number of aromatic carboxylic acids is 1. The number of rotatable bonds is 3. The van der Waals surface area contributed by atoms with Crippen molar-refractivity contribution in [1.29, 1.82) is 0 Å². The van der Waals surface area contributed by atoms with Gasteiger partial charge in [-0.25, -0.2) is 9.78 Å². The lowest BCUT2D eigenvalue weighted by Gasteiger charge is -2.06. The number of imidazole rings is 1. The van der Waals surface area contributed by atoms with Crippen molar-refractivity contribution in [3.05, 3.63) is 69.7 Å². The molecule has 0 amide bonds. The number of carbonyl (C=O) groups is 1. The monoisotopic (exact) mass is 388 g/mol. The maximum Gasteiger partial charge on any atom is 0.355 e. The average Bonchev–Trinajstić information content (AvgIpc) is 3.15. The fourth-order valence-corrected chi connectivity index (χ4v) is 4.13. The summed E-state index contributed by atoms with van der Waals surface area (Å²) in [6.45, 7) is 0. The number of thiazole rings is 1. The Balaban J connectivity index is 2.03. The molecule has 0 bridgehead atoms. The molecule has 7 heteroatoms. The normalized spacial score (nSPS) is 11.1. The van der Waals surface area contributed by atoms with Gasteiger partial charge in [0.1, 0.15) is 5.69 Å². The molecule has 0 saturated carbocycles. The van der Waals surface area contributed by atoms with E-state index in [0.29, 0.717) is 32.0 Å². The second-order valence-corrected chi connectivity index (χ2v) is 7.02. The Bertz CT molecular complexity index is 1100. The Labute approximate surface area is 156 Å². The highest BCUT2D eigenvalue weighted by Crippen LogP contribution is 2.36. The van der Waals surface area contributed by atoms with Gasteiger partial charge in [0.15, 0.2) is 10.7 Å². The number of halogens is 2. The smallest absolute Gasteiger partial charge is 0.355 e. The van der Waals surface area contributed by atoms with Crippen LogP contribution in [0.1, 0.15) is 10.5 Å². The average molecular weight is 389 g/mol. The van der Waals surface area contributed by atoms with Crippen LogP contribution in [0.3, 0.4) is 0 Å². The van der Waals surface area contributed by atoms with E-state index in [1.807, 2.05) is 35.7 Å². The van der Waals surface area contributed by atoms with Crippen molar-refractivity contribution in [2.75, 3.05) is 0 Å². The molecular weight excluding hydrogens is 379 g/mol. The predicted octanol–water partition coefficient (Wildman–Crippen LogP) is 5.73. The quantitative estimate of drug-likeness (QED) is 0.487. The van der Waals surface area contributed by atoms with Crippen LogP contribution < -0.4 is 0 Å². The molecule has 0 atom stereocenters. The van der Waals surface area contributed by atoms with Crippen LogP contribution in [0.4, 0.5) is 0 Å². The summed E-state index contributed by atoms with van der Waals surface area (Å²) in [6, 6.07) is 14.4. The van der Waals surface area contributed by atoms with Gasteiger partial charge < -0.3 is 5.11 Å². The number of carboxylic acids is 1. The Kier molecular flexibility index (Phi) is 4.00. The van der Waals surface area contributed by atoms with Crippen LogP contribution in [-0.4, -0.2) is 20.5 Å². The van der Waals surface area contributed by atoms with Gasteiger partial charge >= 0.3 is 5.97 Å². The van der Waals surface area contributed by atoms with Gasteiger partial charge in [0.25, 0.3) is 0 Å². The molecule has 0 unspecified atom stereocenters. The van der Waals surface area contributed by atoms with E-state index >= 15 is 0 Å². The third-order valence-electron chi connectivity index (χ3n) is 3.82. The number of hydrogen-bond donors (Lipinski definition) is 1. The molecule has 0 spiro atoms. The topological polar surface area (TPSA) is 54.6 Å². The van der Waals surface area contributed by atoms with Crippen LogP contribution in [0.25, 0.3) is 27.5 Å². The molecule has 4 nitrogen and oxygen atoms in total. The molecule has 0 fully saturated rings. The van der Waals surface area contributed by atoms with Gasteiger partial charge in [-0.2, -0.15) is 0 Å². The summed E-state index contributed by atoms with van der Waals surface area (Å²) in [7, 11) is 0. The van der Waals surface area contributed by atoms with Crippen molar-refractivity contribution in [3.63, 3.8) is 0 Å². The molecule has 0 aliphatic carbocycles. The summed E-state index contributed by atoms with van der Waals surface area (Å²) >= 11 is 13.6. The zero-order valence-corrected chi connectivity index (χ0v) is 14.9. The first-order chi connectivity index (χ1) is 12.1. The van der Waals surface area contributed by atoms with Gasteiger partial charge in [-0.3, -0.25) is 4.40 Å². The lowest BCUT2D eigenvalue weighted by Crippen LogP contribution is -2.04. The molecule has 0 saturated heterocycles. The molecule has 2 aromatic heterocycles. The van der Waals surface area contributed by atoms with E-state index in [-0.39, 0.29) is 5.69 Å². The Morgan fingerprint density at radius 2 is 1.88 bits per heavy atom. The first-order valence-corrected chi connectivity index (χ1v) is 8.94. The molecule has 2 aromatic carbocycles. The summed E-state index contributed by atoms with van der Waals surface area (Å²) in [5, 5.41) is 12.6. The second kappa shape index (κ2) is 6.19. The summed E-state index contributed by atoms with van der Waals surface area (Å²) < 4.78 is 1.63. The van der Waals surface area contributed by atoms with Gasteiger partial charge in [-0.05, 0) is 18.2 Å². The number of aromatic nitrogens is 2. The summed E-state index contributed by atoms with van der Waals surface area (Å²) in [6.07, 6.45) is 0. The van der Waals surface area contributed by atoms with Crippen LogP contribution in [0.2, 0.25) is 10.0 Å². The largest absolute Gasteiger partial charge is 0.476 e. The zero-order chi connectivity index (χ0) is 17.6.